The summed E-state index contributed by atoms with van der Waals surface area (Å²) in [6.07, 6.45) is 0. The van der Waals surface area contributed by atoms with Crippen molar-refractivity contribution < 1.29 is 13.2 Å². The molecule has 10 heteroatoms. The Morgan fingerprint density at radius 1 is 0.861 bits per heavy atom. The lowest BCUT2D eigenvalue weighted by atomic mass is 10.1. The van der Waals surface area contributed by atoms with Crippen LogP contribution in [-0.2, 0) is 28.9 Å². The first kappa shape index (κ1) is 25.1. The highest BCUT2D eigenvalue weighted by Crippen LogP contribution is 2.22. The number of fused-ring (bicyclic) bond motifs is 1. The van der Waals surface area contributed by atoms with E-state index in [1.54, 1.807) is 36.4 Å². The molecule has 186 valence electrons. The molecule has 3 aromatic carbocycles. The van der Waals surface area contributed by atoms with Crippen LogP contribution in [0.25, 0.3) is 10.9 Å². The third kappa shape index (κ3) is 4.73. The number of nitrogens with zero attached hydrogens (tertiary/aromatic N) is 2. The molecule has 0 aliphatic rings. The summed E-state index contributed by atoms with van der Waals surface area (Å²) in [6.45, 7) is 3.87. The van der Waals surface area contributed by atoms with Gasteiger partial charge in [-0.3, -0.25) is 18.7 Å². The predicted molar refractivity (Wildman–Crippen MR) is 138 cm³/mol. The van der Waals surface area contributed by atoms with Crippen LogP contribution in [0.15, 0.2) is 81.2 Å². The van der Waals surface area contributed by atoms with Gasteiger partial charge >= 0.3 is 5.69 Å². The summed E-state index contributed by atoms with van der Waals surface area (Å²) in [5, 5.41) is 2.85. The van der Waals surface area contributed by atoms with Crippen molar-refractivity contribution in [2.45, 2.75) is 24.8 Å². The second kappa shape index (κ2) is 9.56. The number of aromatic nitrogens is 2. The van der Waals surface area contributed by atoms with E-state index in [1.807, 2.05) is 26.0 Å². The molecule has 9 nitrogen and oxygen atoms in total. The molecule has 36 heavy (non-hydrogen) atoms. The number of carbonyl (C=O) groups excluding carboxylic acids is 1. The van der Waals surface area contributed by atoms with Gasteiger partial charge in [0.15, 0.2) is 0 Å². The second-order valence-corrected chi connectivity index (χ2v) is 10.4. The lowest BCUT2D eigenvalue weighted by molar-refractivity contribution is -0.117. The Balaban J connectivity index is 1.74. The molecule has 1 unspecified atom stereocenters. The van der Waals surface area contributed by atoms with Gasteiger partial charge in [-0.15, -0.1) is 0 Å². The molecule has 4 aromatic rings. The number of carbonyl (C=O) groups is 1. The second-order valence-electron chi connectivity index (χ2n) is 8.64. The van der Waals surface area contributed by atoms with Crippen molar-refractivity contribution in [1.82, 2.24) is 13.9 Å². The Hall–Kier alpha value is -4.02. The third-order valence-corrected chi connectivity index (χ3v) is 7.61. The summed E-state index contributed by atoms with van der Waals surface area (Å²) >= 11 is 0. The van der Waals surface area contributed by atoms with Crippen LogP contribution >= 0.6 is 0 Å². The van der Waals surface area contributed by atoms with E-state index in [1.165, 1.54) is 36.9 Å². The van der Waals surface area contributed by atoms with Crippen molar-refractivity contribution in [3.05, 3.63) is 104 Å². The number of hydrogen-bond acceptors (Lipinski definition) is 5. The normalized spacial score (nSPS) is 12.4. The van der Waals surface area contributed by atoms with Crippen molar-refractivity contribution in [1.29, 1.82) is 0 Å². The zero-order valence-corrected chi connectivity index (χ0v) is 21.1. The fraction of sp³-hybridized carbons (Fsp3) is 0.192. The average Bonchev–Trinajstić information content (AvgIpc) is 2.87. The molecule has 0 aliphatic heterocycles. The third-order valence-electron chi connectivity index (χ3n) is 6.19. The Morgan fingerprint density at radius 3 is 2.22 bits per heavy atom. The molecule has 0 spiro atoms. The highest BCUT2D eigenvalue weighted by Gasteiger charge is 2.28. The Kier molecular flexibility index (Phi) is 6.66. The number of benzene rings is 3. The average molecular weight is 507 g/mol. The van der Waals surface area contributed by atoms with Gasteiger partial charge in [-0.1, -0.05) is 36.4 Å². The maximum absolute atomic E-state index is 13.4. The van der Waals surface area contributed by atoms with Crippen molar-refractivity contribution >= 4 is 32.5 Å². The first-order valence-electron chi connectivity index (χ1n) is 11.1. The smallest absolute Gasteiger partial charge is 0.324 e. The summed E-state index contributed by atoms with van der Waals surface area (Å²) in [5.74, 6) is -0.563. The van der Waals surface area contributed by atoms with E-state index < -0.39 is 33.2 Å². The molecular formula is C26H26N4O5S. The van der Waals surface area contributed by atoms with Gasteiger partial charge in [0, 0.05) is 19.8 Å². The Bertz CT molecular complexity index is 1710. The topological polar surface area (TPSA) is 119 Å². The van der Waals surface area contributed by atoms with Crippen LogP contribution < -0.4 is 21.3 Å². The van der Waals surface area contributed by atoms with E-state index in [4.69, 9.17) is 0 Å². The molecule has 0 bridgehead atoms. The lowest BCUT2D eigenvalue weighted by Gasteiger charge is -2.20. The summed E-state index contributed by atoms with van der Waals surface area (Å²) in [6, 6.07) is 16.6. The van der Waals surface area contributed by atoms with Crippen LogP contribution in [-0.4, -0.2) is 23.5 Å². The number of amides is 1. The molecule has 1 amide bonds. The van der Waals surface area contributed by atoms with Gasteiger partial charge in [0.1, 0.15) is 6.04 Å². The zero-order valence-electron chi connectivity index (χ0n) is 20.3. The van der Waals surface area contributed by atoms with Gasteiger partial charge in [-0.25, -0.2) is 13.2 Å². The minimum atomic E-state index is -4.25. The number of hydrogen-bond donors (Lipinski definition) is 2. The number of sulfonamides is 1. The van der Waals surface area contributed by atoms with Gasteiger partial charge in [-0.05, 0) is 60.9 Å². The molecule has 2 N–H and O–H groups in total. The molecule has 4 rings (SSSR count). The van der Waals surface area contributed by atoms with Crippen molar-refractivity contribution in [2.75, 3.05) is 5.32 Å². The van der Waals surface area contributed by atoms with Crippen LogP contribution in [0.3, 0.4) is 0 Å². The van der Waals surface area contributed by atoms with Crippen LogP contribution in [0, 0.1) is 13.8 Å². The maximum Gasteiger partial charge on any atom is 0.330 e. The molecule has 1 aromatic heterocycles. The maximum atomic E-state index is 13.4. The van der Waals surface area contributed by atoms with Gasteiger partial charge in [-0.2, -0.15) is 4.72 Å². The summed E-state index contributed by atoms with van der Waals surface area (Å²) in [7, 11) is -1.43. The zero-order chi connectivity index (χ0) is 26.2. The summed E-state index contributed by atoms with van der Waals surface area (Å²) < 4.78 is 31.5. The standard InChI is InChI=1S/C26H26N4O5S/c1-16-10-11-19(14-17(16)2)27-24(31)23(18-8-6-5-7-9-18)28-36(34,35)20-12-13-22-21(15-20)25(32)30(4)26(33)29(22)3/h5-15,23,28H,1-4H3,(H,27,31). The highest BCUT2D eigenvalue weighted by molar-refractivity contribution is 7.89. The number of rotatable bonds is 6. The van der Waals surface area contributed by atoms with Crippen LogP contribution in [0.5, 0.6) is 0 Å². The lowest BCUT2D eigenvalue weighted by Crippen LogP contribution is -2.38. The van der Waals surface area contributed by atoms with E-state index in [-0.39, 0.29) is 10.3 Å². The Labute approximate surface area is 208 Å². The first-order chi connectivity index (χ1) is 17.0. The van der Waals surface area contributed by atoms with Crippen LogP contribution in [0.4, 0.5) is 5.69 Å². The monoisotopic (exact) mass is 506 g/mol. The number of nitrogens with one attached hydrogen (secondary N) is 2. The fourth-order valence-electron chi connectivity index (χ4n) is 3.92. The van der Waals surface area contributed by atoms with Crippen LogP contribution in [0.2, 0.25) is 0 Å². The van der Waals surface area contributed by atoms with Crippen molar-refractivity contribution in [2.24, 2.45) is 14.1 Å². The van der Waals surface area contributed by atoms with Gasteiger partial charge in [0.25, 0.3) is 5.56 Å². The number of aryl methyl sites for hydroxylation is 3. The van der Waals surface area contributed by atoms with Gasteiger partial charge < -0.3 is 5.32 Å². The SMILES string of the molecule is Cc1ccc(NC(=O)C(NS(=O)(=O)c2ccc3c(c2)c(=O)n(C)c(=O)n3C)c2ccccc2)cc1C. The van der Waals surface area contributed by atoms with E-state index >= 15 is 0 Å². The molecule has 1 atom stereocenters. The fourth-order valence-corrected chi connectivity index (χ4v) is 5.13. The van der Waals surface area contributed by atoms with Crippen molar-refractivity contribution in [3.63, 3.8) is 0 Å². The van der Waals surface area contributed by atoms with Crippen molar-refractivity contribution in [3.8, 4) is 0 Å². The first-order valence-corrected chi connectivity index (χ1v) is 12.6. The van der Waals surface area contributed by atoms with E-state index in [0.29, 0.717) is 16.8 Å². The molecule has 1 heterocycles. The van der Waals surface area contributed by atoms with E-state index in [2.05, 4.69) is 10.0 Å². The highest BCUT2D eigenvalue weighted by atomic mass is 32.2. The summed E-state index contributed by atoms with van der Waals surface area (Å²) in [4.78, 5) is 37.9. The van der Waals surface area contributed by atoms with E-state index in [0.717, 1.165) is 15.7 Å². The predicted octanol–water partition coefficient (Wildman–Crippen LogP) is 2.51. The minimum absolute atomic E-state index is 0.0679. The van der Waals surface area contributed by atoms with Gasteiger partial charge in [0.2, 0.25) is 15.9 Å². The molecule has 0 saturated heterocycles. The molecule has 0 radical (unpaired) electrons. The van der Waals surface area contributed by atoms with Crippen LogP contribution in [0.1, 0.15) is 22.7 Å². The number of anilines is 1. The molecule has 0 saturated carbocycles. The molecular weight excluding hydrogens is 480 g/mol. The largest absolute Gasteiger partial charge is 0.330 e. The van der Waals surface area contributed by atoms with E-state index in [9.17, 15) is 22.8 Å². The quantitative estimate of drug-likeness (QED) is 0.417. The minimum Gasteiger partial charge on any atom is -0.324 e. The molecule has 0 fully saturated rings. The Morgan fingerprint density at radius 2 is 1.56 bits per heavy atom. The van der Waals surface area contributed by atoms with Gasteiger partial charge in [0.05, 0.1) is 15.8 Å². The molecule has 0 aliphatic carbocycles. The summed E-state index contributed by atoms with van der Waals surface area (Å²) in [5.41, 5.74) is 2.20.